The molecule has 0 bridgehead atoms. The summed E-state index contributed by atoms with van der Waals surface area (Å²) in [5, 5.41) is 5.23. The number of methoxy groups -OCH3 is 1. The van der Waals surface area contributed by atoms with Crippen molar-refractivity contribution in [2.75, 3.05) is 7.11 Å². The second kappa shape index (κ2) is 15.9. The summed E-state index contributed by atoms with van der Waals surface area (Å²) in [7, 11) is 1.22. The van der Waals surface area contributed by atoms with Gasteiger partial charge in [0, 0.05) is 19.8 Å². The van der Waals surface area contributed by atoms with Gasteiger partial charge in [-0.15, -0.1) is 0 Å². The Bertz CT molecular complexity index is 1550. The molecule has 228 valence electrons. The van der Waals surface area contributed by atoms with Gasteiger partial charge in [-0.1, -0.05) is 84.9 Å². The van der Waals surface area contributed by atoms with Gasteiger partial charge < -0.3 is 24.8 Å². The maximum Gasteiger partial charge on any atom is 0.328 e. The van der Waals surface area contributed by atoms with Crippen LogP contribution in [0.1, 0.15) is 29.2 Å². The molecule has 0 spiro atoms. The van der Waals surface area contributed by atoms with E-state index in [-0.39, 0.29) is 25.0 Å². The van der Waals surface area contributed by atoms with Crippen LogP contribution in [-0.4, -0.2) is 37.0 Å². The van der Waals surface area contributed by atoms with Crippen molar-refractivity contribution in [2.45, 2.75) is 45.1 Å². The molecule has 0 aliphatic rings. The molecule has 0 aliphatic carbocycles. The maximum atomic E-state index is 14.3. The number of carbonyl (C=O) groups is 3. The van der Waals surface area contributed by atoms with Gasteiger partial charge in [0.1, 0.15) is 31.1 Å². The van der Waals surface area contributed by atoms with Crippen LogP contribution in [-0.2, 0) is 45.2 Å². The topological polar surface area (TPSA) is 103 Å². The van der Waals surface area contributed by atoms with Gasteiger partial charge in [-0.2, -0.15) is 0 Å². The SMILES string of the molecule is COC(=O)[C@@H](Cc1ccc(OCc2ccccc2)c(OCc2ccccc2)c1)NC(=O)[C@@H](Cc1ccccc1F)NC(C)=O. The van der Waals surface area contributed by atoms with E-state index in [2.05, 4.69) is 10.6 Å². The monoisotopic (exact) mass is 598 g/mol. The second-order valence-electron chi connectivity index (χ2n) is 10.2. The number of nitrogens with one attached hydrogen (secondary N) is 2. The van der Waals surface area contributed by atoms with E-state index < -0.39 is 35.7 Å². The first-order valence-corrected chi connectivity index (χ1v) is 14.2. The van der Waals surface area contributed by atoms with Crippen molar-refractivity contribution >= 4 is 17.8 Å². The van der Waals surface area contributed by atoms with Gasteiger partial charge in [0.05, 0.1) is 7.11 Å². The molecule has 0 unspecified atom stereocenters. The lowest BCUT2D eigenvalue weighted by Crippen LogP contribution is -2.53. The van der Waals surface area contributed by atoms with Crippen LogP contribution in [0.4, 0.5) is 4.39 Å². The minimum atomic E-state index is -1.12. The van der Waals surface area contributed by atoms with Crippen LogP contribution in [0.15, 0.2) is 103 Å². The Morgan fingerprint density at radius 2 is 1.27 bits per heavy atom. The normalized spacial score (nSPS) is 12.0. The number of amides is 2. The minimum Gasteiger partial charge on any atom is -0.485 e. The highest BCUT2D eigenvalue weighted by molar-refractivity contribution is 5.90. The molecule has 0 aliphatic heterocycles. The van der Waals surface area contributed by atoms with E-state index >= 15 is 0 Å². The second-order valence-corrected chi connectivity index (χ2v) is 10.2. The first-order chi connectivity index (χ1) is 21.3. The maximum absolute atomic E-state index is 14.3. The summed E-state index contributed by atoms with van der Waals surface area (Å²) in [5.41, 5.74) is 2.87. The molecule has 44 heavy (non-hydrogen) atoms. The first kappa shape index (κ1) is 31.7. The van der Waals surface area contributed by atoms with Crippen LogP contribution in [0.3, 0.4) is 0 Å². The summed E-state index contributed by atoms with van der Waals surface area (Å²) in [6.45, 7) is 1.88. The van der Waals surface area contributed by atoms with E-state index in [0.717, 1.165) is 11.1 Å². The van der Waals surface area contributed by atoms with Crippen molar-refractivity contribution in [3.63, 3.8) is 0 Å². The molecule has 9 heteroatoms. The zero-order valence-electron chi connectivity index (χ0n) is 24.6. The molecule has 4 aromatic rings. The van der Waals surface area contributed by atoms with Crippen LogP contribution in [0, 0.1) is 5.82 Å². The molecule has 2 N–H and O–H groups in total. The van der Waals surface area contributed by atoms with Gasteiger partial charge in [0.2, 0.25) is 11.8 Å². The van der Waals surface area contributed by atoms with Crippen molar-refractivity contribution in [1.29, 1.82) is 0 Å². The molecule has 4 rings (SSSR count). The number of esters is 1. The molecule has 2 atom stereocenters. The third kappa shape index (κ3) is 9.42. The van der Waals surface area contributed by atoms with Gasteiger partial charge >= 0.3 is 5.97 Å². The lowest BCUT2D eigenvalue weighted by atomic mass is 10.0. The summed E-state index contributed by atoms with van der Waals surface area (Å²) in [6.07, 6.45) is -0.0392. The number of carbonyl (C=O) groups excluding carboxylic acids is 3. The highest BCUT2D eigenvalue weighted by Crippen LogP contribution is 2.31. The number of rotatable bonds is 14. The van der Waals surface area contributed by atoms with Crippen LogP contribution >= 0.6 is 0 Å². The van der Waals surface area contributed by atoms with Crippen molar-refractivity contribution in [3.05, 3.63) is 131 Å². The highest BCUT2D eigenvalue weighted by atomic mass is 19.1. The molecule has 2 amide bonds. The molecular formula is C35H35FN2O6. The zero-order valence-corrected chi connectivity index (χ0v) is 24.6. The zero-order chi connectivity index (χ0) is 31.3. The third-order valence-electron chi connectivity index (χ3n) is 6.80. The summed E-state index contributed by atoms with van der Waals surface area (Å²) in [5.74, 6) is -1.32. The number of ether oxygens (including phenoxy) is 3. The van der Waals surface area contributed by atoms with Crippen LogP contribution in [0.25, 0.3) is 0 Å². The van der Waals surface area contributed by atoms with E-state index in [1.165, 1.54) is 32.2 Å². The molecule has 4 aromatic carbocycles. The molecule has 0 saturated heterocycles. The van der Waals surface area contributed by atoms with E-state index in [1.54, 1.807) is 24.3 Å². The Labute approximate surface area is 256 Å². The summed E-state index contributed by atoms with van der Waals surface area (Å²) >= 11 is 0. The van der Waals surface area contributed by atoms with Crippen LogP contribution < -0.4 is 20.1 Å². The average Bonchev–Trinajstić information content (AvgIpc) is 3.04. The number of benzene rings is 4. The highest BCUT2D eigenvalue weighted by Gasteiger charge is 2.28. The third-order valence-corrected chi connectivity index (χ3v) is 6.80. The Morgan fingerprint density at radius 1 is 0.682 bits per heavy atom. The molecular weight excluding hydrogens is 563 g/mol. The van der Waals surface area contributed by atoms with Gasteiger partial charge in [0.25, 0.3) is 0 Å². The van der Waals surface area contributed by atoms with Crippen LogP contribution in [0.2, 0.25) is 0 Å². The van der Waals surface area contributed by atoms with Gasteiger partial charge in [-0.05, 0) is 40.5 Å². The quantitative estimate of drug-likeness (QED) is 0.200. The first-order valence-electron chi connectivity index (χ1n) is 14.2. The fraction of sp³-hybridized carbons (Fsp3) is 0.229. The fourth-order valence-corrected chi connectivity index (χ4v) is 4.56. The van der Waals surface area contributed by atoms with Crippen molar-refractivity contribution in [2.24, 2.45) is 0 Å². The minimum absolute atomic E-state index is 0.0611. The Kier molecular flexibility index (Phi) is 11.5. The molecule has 0 heterocycles. The molecule has 0 fully saturated rings. The van der Waals surface area contributed by atoms with E-state index in [1.807, 2.05) is 60.7 Å². The number of hydrogen-bond donors (Lipinski definition) is 2. The standard InChI is InChI=1S/C35H35FN2O6/c1-24(39)37-30(21-28-15-9-10-16-29(28)36)34(40)38-31(35(41)42-2)19-27-17-18-32(43-22-25-11-5-3-6-12-25)33(20-27)44-23-26-13-7-4-8-14-26/h3-18,20,30-31H,19,21-23H2,1-2H3,(H,37,39)(H,38,40)/t30-,31-/m1/s1. The lowest BCUT2D eigenvalue weighted by Gasteiger charge is -2.22. The molecule has 8 nitrogen and oxygen atoms in total. The van der Waals surface area contributed by atoms with Crippen molar-refractivity contribution in [3.8, 4) is 11.5 Å². The predicted molar refractivity (Wildman–Crippen MR) is 163 cm³/mol. The Balaban J connectivity index is 1.54. The van der Waals surface area contributed by atoms with E-state index in [4.69, 9.17) is 14.2 Å². The largest absolute Gasteiger partial charge is 0.485 e. The Morgan fingerprint density at radius 3 is 1.86 bits per heavy atom. The lowest BCUT2D eigenvalue weighted by molar-refractivity contribution is -0.145. The van der Waals surface area contributed by atoms with E-state index in [0.29, 0.717) is 23.7 Å². The predicted octanol–water partition coefficient (Wildman–Crippen LogP) is 4.93. The smallest absolute Gasteiger partial charge is 0.328 e. The Hall–Kier alpha value is -5.18. The van der Waals surface area contributed by atoms with Gasteiger partial charge in [-0.3, -0.25) is 9.59 Å². The van der Waals surface area contributed by atoms with Gasteiger partial charge in [-0.25, -0.2) is 9.18 Å². The number of hydrogen-bond acceptors (Lipinski definition) is 6. The molecule has 0 aromatic heterocycles. The van der Waals surface area contributed by atoms with Crippen LogP contribution in [0.5, 0.6) is 11.5 Å². The summed E-state index contributed by atoms with van der Waals surface area (Å²) in [6, 6.07) is 28.5. The van der Waals surface area contributed by atoms with Gasteiger partial charge in [0.15, 0.2) is 11.5 Å². The van der Waals surface area contributed by atoms with Crippen molar-refractivity contribution < 1.29 is 33.0 Å². The molecule has 0 saturated carbocycles. The fourth-order valence-electron chi connectivity index (χ4n) is 4.56. The summed E-state index contributed by atoms with van der Waals surface area (Å²) < 4.78 is 31.5. The van der Waals surface area contributed by atoms with Crippen molar-refractivity contribution in [1.82, 2.24) is 10.6 Å². The molecule has 0 radical (unpaired) electrons. The summed E-state index contributed by atoms with van der Waals surface area (Å²) in [4.78, 5) is 38.0. The average molecular weight is 599 g/mol. The number of halogens is 1. The van der Waals surface area contributed by atoms with E-state index in [9.17, 15) is 18.8 Å².